The van der Waals surface area contributed by atoms with E-state index in [2.05, 4.69) is 15.3 Å². The zero-order valence-electron chi connectivity index (χ0n) is 8.22. The van der Waals surface area contributed by atoms with Gasteiger partial charge in [-0.2, -0.15) is 0 Å². The third-order valence-electron chi connectivity index (χ3n) is 1.91. The van der Waals surface area contributed by atoms with Gasteiger partial charge in [0.05, 0.1) is 6.20 Å². The number of hydrogen-bond donors (Lipinski definition) is 1. The fraction of sp³-hybridized carbons (Fsp3) is 0. The van der Waals surface area contributed by atoms with Gasteiger partial charge < -0.3 is 5.32 Å². The molecule has 0 spiro atoms. The molecule has 5 heteroatoms. The Balaban J connectivity index is 2.12. The number of nitrogens with one attached hydrogen (secondary N) is 1. The van der Waals surface area contributed by atoms with E-state index >= 15 is 0 Å². The summed E-state index contributed by atoms with van der Waals surface area (Å²) in [5.74, 6) is -0.367. The van der Waals surface area contributed by atoms with Crippen LogP contribution in [-0.4, -0.2) is 15.9 Å². The summed E-state index contributed by atoms with van der Waals surface area (Å²) in [7, 11) is 0. The summed E-state index contributed by atoms with van der Waals surface area (Å²) < 4.78 is 12.6. The highest BCUT2D eigenvalue weighted by Gasteiger charge is 2.06. The fourth-order valence-corrected chi connectivity index (χ4v) is 1.15. The van der Waals surface area contributed by atoms with Gasteiger partial charge in [0.2, 0.25) is 0 Å². The summed E-state index contributed by atoms with van der Waals surface area (Å²) in [6.45, 7) is 0. The summed E-state index contributed by atoms with van der Waals surface area (Å²) in [6, 6.07) is 5.26. The average Bonchev–Trinajstić information content (AvgIpc) is 2.31. The van der Waals surface area contributed by atoms with Crippen molar-refractivity contribution in [1.82, 2.24) is 9.97 Å². The number of carbonyl (C=O) groups excluding carboxylic acids is 1. The van der Waals surface area contributed by atoms with Crippen molar-refractivity contribution in [2.24, 2.45) is 0 Å². The van der Waals surface area contributed by atoms with Crippen molar-refractivity contribution < 1.29 is 9.18 Å². The second-order valence-electron chi connectivity index (χ2n) is 3.05. The number of carbonyl (C=O) groups is 1. The maximum absolute atomic E-state index is 12.6. The Hall–Kier alpha value is -2.30. The second kappa shape index (κ2) is 4.48. The quantitative estimate of drug-likeness (QED) is 0.835. The molecule has 0 saturated heterocycles. The molecule has 0 unspecified atom stereocenters. The van der Waals surface area contributed by atoms with Gasteiger partial charge in [-0.05, 0) is 24.3 Å². The molecule has 1 aromatic heterocycles. The molecule has 0 aliphatic heterocycles. The molecule has 0 radical (unpaired) electrons. The molecule has 2 rings (SSSR count). The number of benzene rings is 1. The molecule has 4 nitrogen and oxygen atoms in total. The fourth-order valence-electron chi connectivity index (χ4n) is 1.15. The van der Waals surface area contributed by atoms with Gasteiger partial charge in [0.15, 0.2) is 5.82 Å². The number of rotatable bonds is 2. The lowest BCUT2D eigenvalue weighted by Gasteiger charge is -2.02. The standard InChI is InChI=1S/C11H8FN3O/c12-9-3-1-8(2-4-9)11(16)15-10-7-13-5-6-14-10/h1-7H,(H,14,15,16). The maximum atomic E-state index is 12.6. The molecule has 0 fully saturated rings. The molecule has 0 aliphatic carbocycles. The Labute approximate surface area is 91.2 Å². The van der Waals surface area contributed by atoms with Crippen LogP contribution in [0.1, 0.15) is 10.4 Å². The van der Waals surface area contributed by atoms with Crippen molar-refractivity contribution in [3.8, 4) is 0 Å². The van der Waals surface area contributed by atoms with Crippen LogP contribution in [0.4, 0.5) is 10.2 Å². The van der Waals surface area contributed by atoms with E-state index in [-0.39, 0.29) is 11.7 Å². The van der Waals surface area contributed by atoms with E-state index in [1.165, 1.54) is 42.9 Å². The monoisotopic (exact) mass is 217 g/mol. The molecule has 1 heterocycles. The number of anilines is 1. The SMILES string of the molecule is O=C(Nc1cnccn1)c1ccc(F)cc1. The minimum Gasteiger partial charge on any atom is -0.305 e. The van der Waals surface area contributed by atoms with Gasteiger partial charge in [-0.15, -0.1) is 0 Å². The average molecular weight is 217 g/mol. The van der Waals surface area contributed by atoms with E-state index in [0.717, 1.165) is 0 Å². The Kier molecular flexibility index (Phi) is 2.86. The molecular weight excluding hydrogens is 209 g/mol. The van der Waals surface area contributed by atoms with Gasteiger partial charge in [-0.1, -0.05) is 0 Å². The van der Waals surface area contributed by atoms with Crippen LogP contribution < -0.4 is 5.32 Å². The van der Waals surface area contributed by atoms with E-state index in [1.807, 2.05) is 0 Å². The highest BCUT2D eigenvalue weighted by molar-refractivity contribution is 6.03. The maximum Gasteiger partial charge on any atom is 0.256 e. The van der Waals surface area contributed by atoms with Crippen LogP contribution in [0.15, 0.2) is 42.9 Å². The molecule has 1 amide bonds. The Morgan fingerprint density at radius 2 is 1.94 bits per heavy atom. The largest absolute Gasteiger partial charge is 0.305 e. The Bertz CT molecular complexity index is 484. The van der Waals surface area contributed by atoms with Crippen molar-refractivity contribution in [1.29, 1.82) is 0 Å². The van der Waals surface area contributed by atoms with E-state index < -0.39 is 0 Å². The lowest BCUT2D eigenvalue weighted by atomic mass is 10.2. The summed E-state index contributed by atoms with van der Waals surface area (Å²) in [4.78, 5) is 19.3. The molecule has 2 aromatic rings. The molecule has 0 atom stereocenters. The van der Waals surface area contributed by atoms with E-state index in [4.69, 9.17) is 0 Å². The van der Waals surface area contributed by atoms with Crippen LogP contribution in [0.5, 0.6) is 0 Å². The van der Waals surface area contributed by atoms with Crippen LogP contribution in [0, 0.1) is 5.82 Å². The number of nitrogens with zero attached hydrogens (tertiary/aromatic N) is 2. The summed E-state index contributed by atoms with van der Waals surface area (Å²) in [5.41, 5.74) is 0.368. The number of hydrogen-bond acceptors (Lipinski definition) is 3. The molecule has 80 valence electrons. The molecule has 1 aromatic carbocycles. The molecule has 1 N–H and O–H groups in total. The summed E-state index contributed by atoms with van der Waals surface area (Å²) in [5, 5.41) is 2.54. The van der Waals surface area contributed by atoms with Crippen LogP contribution in [0.25, 0.3) is 0 Å². The highest BCUT2D eigenvalue weighted by Crippen LogP contribution is 2.06. The van der Waals surface area contributed by atoms with Gasteiger partial charge in [-0.3, -0.25) is 9.78 Å². The first-order valence-electron chi connectivity index (χ1n) is 4.58. The zero-order valence-corrected chi connectivity index (χ0v) is 8.22. The first-order chi connectivity index (χ1) is 7.75. The van der Waals surface area contributed by atoms with Crippen LogP contribution in [0.3, 0.4) is 0 Å². The van der Waals surface area contributed by atoms with Gasteiger partial charge in [0.25, 0.3) is 5.91 Å². The molecule has 16 heavy (non-hydrogen) atoms. The van der Waals surface area contributed by atoms with Gasteiger partial charge in [0.1, 0.15) is 5.82 Å². The van der Waals surface area contributed by atoms with Crippen molar-refractivity contribution >= 4 is 11.7 Å². The molecule has 0 saturated carbocycles. The van der Waals surface area contributed by atoms with Crippen molar-refractivity contribution in [2.45, 2.75) is 0 Å². The molecule has 0 aliphatic rings. The smallest absolute Gasteiger partial charge is 0.256 e. The van der Waals surface area contributed by atoms with Crippen LogP contribution >= 0.6 is 0 Å². The topological polar surface area (TPSA) is 54.9 Å². The van der Waals surface area contributed by atoms with Gasteiger partial charge in [0, 0.05) is 18.0 Å². The Morgan fingerprint density at radius 3 is 2.56 bits per heavy atom. The number of amides is 1. The number of aromatic nitrogens is 2. The third kappa shape index (κ3) is 2.38. The minimum atomic E-state index is -0.379. The van der Waals surface area contributed by atoms with E-state index in [9.17, 15) is 9.18 Å². The Morgan fingerprint density at radius 1 is 1.19 bits per heavy atom. The highest BCUT2D eigenvalue weighted by atomic mass is 19.1. The van der Waals surface area contributed by atoms with Crippen molar-refractivity contribution in [2.75, 3.05) is 5.32 Å². The van der Waals surface area contributed by atoms with E-state index in [0.29, 0.717) is 11.4 Å². The lowest BCUT2D eigenvalue weighted by molar-refractivity contribution is 0.102. The van der Waals surface area contributed by atoms with Crippen molar-refractivity contribution in [3.63, 3.8) is 0 Å². The number of halogens is 1. The van der Waals surface area contributed by atoms with E-state index in [1.54, 1.807) is 0 Å². The lowest BCUT2D eigenvalue weighted by Crippen LogP contribution is -2.12. The predicted octanol–water partition coefficient (Wildman–Crippen LogP) is 1.87. The van der Waals surface area contributed by atoms with Gasteiger partial charge in [-0.25, -0.2) is 9.37 Å². The predicted molar refractivity (Wildman–Crippen MR) is 56.4 cm³/mol. The van der Waals surface area contributed by atoms with Crippen LogP contribution in [-0.2, 0) is 0 Å². The first-order valence-corrected chi connectivity index (χ1v) is 4.58. The summed E-state index contributed by atoms with van der Waals surface area (Å²) >= 11 is 0. The molecule has 0 bridgehead atoms. The van der Waals surface area contributed by atoms with Crippen molar-refractivity contribution in [3.05, 3.63) is 54.2 Å². The summed E-state index contributed by atoms with van der Waals surface area (Å²) in [6.07, 6.45) is 4.41. The molecular formula is C11H8FN3O. The third-order valence-corrected chi connectivity index (χ3v) is 1.91. The second-order valence-corrected chi connectivity index (χ2v) is 3.05. The first kappa shape index (κ1) is 10.2. The van der Waals surface area contributed by atoms with Crippen LogP contribution in [0.2, 0.25) is 0 Å². The van der Waals surface area contributed by atoms with Gasteiger partial charge >= 0.3 is 0 Å². The minimum absolute atomic E-state index is 0.347. The zero-order chi connectivity index (χ0) is 11.4. The normalized spacial score (nSPS) is 9.81.